The molecule has 0 unspecified atom stereocenters. The molecule has 0 amide bonds. The molecule has 5 rings (SSSR count). The monoisotopic (exact) mass is 646 g/mol. The summed E-state index contributed by atoms with van der Waals surface area (Å²) in [6.45, 7) is 5.24. The van der Waals surface area contributed by atoms with Crippen LogP contribution in [0.4, 0.5) is 24.5 Å². The zero-order chi connectivity index (χ0) is 27.6. The summed E-state index contributed by atoms with van der Waals surface area (Å²) >= 11 is 1.16. The van der Waals surface area contributed by atoms with Crippen LogP contribution in [-0.4, -0.2) is 41.3 Å². The molecular weight excluding hydrogens is 616 g/mol. The van der Waals surface area contributed by atoms with Crippen LogP contribution >= 0.6 is 22.6 Å². The first-order valence-corrected chi connectivity index (χ1v) is 14.3. The molecule has 1 aliphatic heterocycles. The molecule has 0 aliphatic carbocycles. The number of anilines is 2. The number of hydrogen-bond acceptors (Lipinski definition) is 4. The smallest absolute Gasteiger partial charge is 0.321 e. The number of Topliss-reactive ketones (excluding diaryl/α,β-unsaturated/α-hetero) is 1. The van der Waals surface area contributed by atoms with Crippen molar-refractivity contribution < 1.29 is 18.0 Å². The first-order chi connectivity index (χ1) is 18.7. The van der Waals surface area contributed by atoms with Crippen molar-refractivity contribution in [2.24, 2.45) is 0 Å². The zero-order valence-electron chi connectivity index (χ0n) is 21.7. The van der Waals surface area contributed by atoms with Gasteiger partial charge in [0, 0.05) is 78.3 Å². The van der Waals surface area contributed by atoms with E-state index in [9.17, 15) is 18.0 Å². The second-order valence-electron chi connectivity index (χ2n) is 9.77. The summed E-state index contributed by atoms with van der Waals surface area (Å²) in [5, 5.41) is 0. The Balaban J connectivity index is 1.13. The fourth-order valence-corrected chi connectivity index (χ4v) is 5.51. The molecule has 4 aromatic rings. The van der Waals surface area contributed by atoms with Crippen molar-refractivity contribution in [3.05, 3.63) is 95.2 Å². The van der Waals surface area contributed by atoms with Gasteiger partial charge < -0.3 is 9.80 Å². The number of nitrogens with zero attached hydrogens (tertiary/aromatic N) is 4. The van der Waals surface area contributed by atoms with Crippen molar-refractivity contribution in [2.75, 3.05) is 36.0 Å². The van der Waals surface area contributed by atoms with Crippen molar-refractivity contribution in [3.8, 4) is 0 Å². The maximum Gasteiger partial charge on any atom is 0.321 e. The minimum atomic E-state index is -2.86. The molecule has 204 valence electrons. The Morgan fingerprint density at radius 1 is 0.949 bits per heavy atom. The number of imidazole rings is 1. The molecule has 1 saturated heterocycles. The lowest BCUT2D eigenvalue weighted by Crippen LogP contribution is -2.46. The molecule has 0 radical (unpaired) electrons. The van der Waals surface area contributed by atoms with E-state index in [1.807, 2.05) is 6.92 Å². The van der Waals surface area contributed by atoms with E-state index in [0.29, 0.717) is 30.7 Å². The number of benzene rings is 2. The molecule has 0 bridgehead atoms. The lowest BCUT2D eigenvalue weighted by Gasteiger charge is -2.37. The number of carbonyl (C=O) groups excluding carboxylic acids is 1. The lowest BCUT2D eigenvalue weighted by atomic mass is 10.0. The third-order valence-electron chi connectivity index (χ3n) is 7.28. The van der Waals surface area contributed by atoms with Gasteiger partial charge in [0.2, 0.25) is 0 Å². The fraction of sp³-hybridized carbons (Fsp3) is 0.333. The van der Waals surface area contributed by atoms with Crippen LogP contribution in [0, 0.1) is 5.82 Å². The van der Waals surface area contributed by atoms with Crippen LogP contribution < -0.4 is 9.80 Å². The van der Waals surface area contributed by atoms with E-state index < -0.39 is 9.75 Å². The third kappa shape index (κ3) is 6.08. The first-order valence-electron chi connectivity index (χ1n) is 13.2. The summed E-state index contributed by atoms with van der Waals surface area (Å²) in [5.74, 6) is -0.442. The second-order valence-corrected chi connectivity index (χ2v) is 11.1. The van der Waals surface area contributed by atoms with Crippen LogP contribution in [0.5, 0.6) is 0 Å². The average Bonchev–Trinajstić information content (AvgIpc) is 3.33. The first kappa shape index (κ1) is 27.5. The van der Waals surface area contributed by atoms with Gasteiger partial charge in [-0.25, -0.2) is 9.37 Å². The molecule has 9 heteroatoms. The summed E-state index contributed by atoms with van der Waals surface area (Å²) in [5.41, 5.74) is 4.62. The summed E-state index contributed by atoms with van der Waals surface area (Å²) in [6, 6.07) is 17.9. The number of carbonyl (C=O) groups is 1. The van der Waals surface area contributed by atoms with Crippen LogP contribution in [0.3, 0.4) is 0 Å². The molecule has 0 saturated carbocycles. The number of rotatable bonds is 9. The summed E-state index contributed by atoms with van der Waals surface area (Å²) in [6.07, 6.45) is 4.11. The molecule has 5 nitrogen and oxygen atoms in total. The number of aryl methyl sites for hydroxylation is 2. The molecule has 0 N–H and O–H groups in total. The Hall–Kier alpha value is -3.08. The van der Waals surface area contributed by atoms with Crippen LogP contribution in [0.2, 0.25) is 0 Å². The number of alkyl halides is 3. The van der Waals surface area contributed by atoms with E-state index in [0.717, 1.165) is 72.1 Å². The second kappa shape index (κ2) is 11.6. The number of fused-ring (bicyclic) bond motifs is 1. The van der Waals surface area contributed by atoms with Gasteiger partial charge in [0.05, 0.1) is 5.69 Å². The van der Waals surface area contributed by atoms with Gasteiger partial charge in [-0.1, -0.05) is 31.2 Å². The van der Waals surface area contributed by atoms with E-state index in [4.69, 9.17) is 0 Å². The molecule has 3 heterocycles. The topological polar surface area (TPSA) is 40.9 Å². The predicted octanol–water partition coefficient (Wildman–Crippen LogP) is 7.05. The maximum atomic E-state index is 14.1. The van der Waals surface area contributed by atoms with E-state index in [-0.39, 0.29) is 17.0 Å². The van der Waals surface area contributed by atoms with Crippen molar-refractivity contribution >= 4 is 45.4 Å². The number of piperazine rings is 1. The number of aromatic nitrogens is 2. The molecule has 2 aromatic heterocycles. The quantitative estimate of drug-likeness (QED) is 0.111. The fourth-order valence-electron chi connectivity index (χ4n) is 5.15. The third-order valence-corrected chi connectivity index (χ3v) is 7.91. The highest BCUT2D eigenvalue weighted by atomic mass is 127. The predicted molar refractivity (Wildman–Crippen MR) is 157 cm³/mol. The van der Waals surface area contributed by atoms with Crippen LogP contribution in [0.15, 0.2) is 66.9 Å². The highest BCUT2D eigenvalue weighted by molar-refractivity contribution is 14.1. The van der Waals surface area contributed by atoms with Crippen LogP contribution in [0.1, 0.15) is 47.1 Å². The van der Waals surface area contributed by atoms with Crippen molar-refractivity contribution in [3.63, 3.8) is 0 Å². The van der Waals surface area contributed by atoms with Gasteiger partial charge in [-0.15, -0.1) is 0 Å². The Morgan fingerprint density at radius 2 is 1.54 bits per heavy atom. The summed E-state index contributed by atoms with van der Waals surface area (Å²) in [4.78, 5) is 21.9. The van der Waals surface area contributed by atoms with E-state index >= 15 is 0 Å². The van der Waals surface area contributed by atoms with Crippen molar-refractivity contribution in [1.82, 2.24) is 9.38 Å². The van der Waals surface area contributed by atoms with E-state index in [1.165, 1.54) is 18.2 Å². The van der Waals surface area contributed by atoms with Crippen LogP contribution in [0.25, 0.3) is 5.65 Å². The maximum absolute atomic E-state index is 14.1. The Morgan fingerprint density at radius 3 is 2.10 bits per heavy atom. The van der Waals surface area contributed by atoms with E-state index in [2.05, 4.69) is 39.0 Å². The minimum absolute atomic E-state index is 0.0166. The SMILES string of the molecule is CCc1nc2c(F)cccn2c1C(=O)CCCc1ccc(N2CCN(c3ccc(C(F)(F)I)cc3)CC2)cc1. The molecule has 39 heavy (non-hydrogen) atoms. The van der Waals surface area contributed by atoms with Gasteiger partial charge >= 0.3 is 3.93 Å². The highest BCUT2D eigenvalue weighted by Gasteiger charge is 2.27. The van der Waals surface area contributed by atoms with Gasteiger partial charge in [-0.3, -0.25) is 9.20 Å². The Kier molecular flexibility index (Phi) is 8.16. The molecule has 2 aromatic carbocycles. The minimum Gasteiger partial charge on any atom is -0.368 e. The van der Waals surface area contributed by atoms with E-state index in [1.54, 1.807) is 28.8 Å². The number of hydrogen-bond donors (Lipinski definition) is 0. The molecule has 0 atom stereocenters. The average molecular weight is 646 g/mol. The standard InChI is InChI=1S/C30H30F3IN4O/c1-2-26-28(38-16-4-6-25(31)29(38)35-26)27(39)7-3-5-21-8-12-23(13-9-21)36-17-19-37(20-18-36)24-14-10-22(11-15-24)30(32,33)34/h4,6,8-16H,2-3,5,7,17-20H2,1H3. The van der Waals surface area contributed by atoms with Crippen LogP contribution in [-0.2, 0) is 16.8 Å². The largest absolute Gasteiger partial charge is 0.368 e. The normalized spacial score (nSPS) is 14.3. The van der Waals surface area contributed by atoms with Gasteiger partial charge in [0.25, 0.3) is 0 Å². The van der Waals surface area contributed by atoms with Gasteiger partial charge in [0.15, 0.2) is 17.2 Å². The number of pyridine rings is 1. The lowest BCUT2D eigenvalue weighted by molar-refractivity contribution is 0.0973. The number of halogens is 4. The van der Waals surface area contributed by atoms with Gasteiger partial charge in [-0.2, -0.15) is 8.78 Å². The Labute approximate surface area is 239 Å². The summed E-state index contributed by atoms with van der Waals surface area (Å²) in [7, 11) is 0. The highest BCUT2D eigenvalue weighted by Crippen LogP contribution is 2.36. The molecule has 1 aliphatic rings. The number of ketones is 1. The van der Waals surface area contributed by atoms with Crippen molar-refractivity contribution in [1.29, 1.82) is 0 Å². The Bertz CT molecular complexity index is 1440. The zero-order valence-corrected chi connectivity index (χ0v) is 23.9. The molecule has 0 spiro atoms. The summed E-state index contributed by atoms with van der Waals surface area (Å²) < 4.78 is 39.8. The van der Waals surface area contributed by atoms with Crippen molar-refractivity contribution in [2.45, 2.75) is 36.5 Å². The molecular formula is C30H30F3IN4O. The van der Waals surface area contributed by atoms with Gasteiger partial charge in [-0.05, 0) is 61.2 Å². The van der Waals surface area contributed by atoms with Gasteiger partial charge in [0.1, 0.15) is 5.69 Å². The molecule has 1 fully saturated rings.